The summed E-state index contributed by atoms with van der Waals surface area (Å²) in [5.74, 6) is -0.940. The summed E-state index contributed by atoms with van der Waals surface area (Å²) < 4.78 is 5.44. The van der Waals surface area contributed by atoms with Gasteiger partial charge in [-0.3, -0.25) is 0 Å². The molecule has 0 spiro atoms. The summed E-state index contributed by atoms with van der Waals surface area (Å²) >= 11 is 0. The van der Waals surface area contributed by atoms with Gasteiger partial charge in [-0.1, -0.05) is 0 Å². The second-order valence-corrected chi connectivity index (χ2v) is 5.26. The molecule has 108 valence electrons. The number of nitrogens with one attached hydrogen (secondary N) is 1. The zero-order valence-corrected chi connectivity index (χ0v) is 10.9. The van der Waals surface area contributed by atoms with Crippen molar-refractivity contribution in [1.82, 2.24) is 10.2 Å². The van der Waals surface area contributed by atoms with E-state index in [1.165, 1.54) is 4.90 Å². The Morgan fingerprint density at radius 2 is 2.11 bits per heavy atom. The second-order valence-electron chi connectivity index (χ2n) is 5.26. The summed E-state index contributed by atoms with van der Waals surface area (Å²) in [5, 5.41) is 20.7. The van der Waals surface area contributed by atoms with E-state index in [4.69, 9.17) is 14.9 Å². The number of aliphatic carboxylic acids is 1. The number of carbonyl (C=O) groups is 2. The van der Waals surface area contributed by atoms with Gasteiger partial charge in [0.1, 0.15) is 6.04 Å². The Kier molecular flexibility index (Phi) is 4.26. The number of carboxylic acids is 1. The summed E-state index contributed by atoms with van der Waals surface area (Å²) in [5.41, 5.74) is 0. The molecular formula is C12H20N2O5. The predicted octanol–water partition coefficient (Wildman–Crippen LogP) is -0.359. The topological polar surface area (TPSA) is 99.1 Å². The van der Waals surface area contributed by atoms with Crippen molar-refractivity contribution in [3.63, 3.8) is 0 Å². The number of urea groups is 1. The van der Waals surface area contributed by atoms with Crippen LogP contribution in [0.15, 0.2) is 0 Å². The van der Waals surface area contributed by atoms with E-state index in [0.29, 0.717) is 6.54 Å². The van der Waals surface area contributed by atoms with Crippen molar-refractivity contribution in [2.45, 2.75) is 38.0 Å². The molecular weight excluding hydrogens is 252 g/mol. The SMILES string of the molecule is CC1CN(C(=O)NC(C(=O)O)C2CC2)CC(CO)O1. The van der Waals surface area contributed by atoms with Gasteiger partial charge in [0.25, 0.3) is 0 Å². The molecule has 2 amide bonds. The number of morpholine rings is 1. The first-order valence-corrected chi connectivity index (χ1v) is 6.55. The number of carbonyl (C=O) groups excluding carboxylic acids is 1. The van der Waals surface area contributed by atoms with Crippen molar-refractivity contribution < 1.29 is 24.5 Å². The molecule has 0 aromatic rings. The quantitative estimate of drug-likeness (QED) is 0.649. The van der Waals surface area contributed by atoms with Crippen molar-refractivity contribution in [3.05, 3.63) is 0 Å². The average Bonchev–Trinajstić information content (AvgIpc) is 3.18. The molecule has 19 heavy (non-hydrogen) atoms. The normalized spacial score (nSPS) is 28.8. The van der Waals surface area contributed by atoms with Gasteiger partial charge in [0, 0.05) is 6.54 Å². The second kappa shape index (κ2) is 5.75. The minimum atomic E-state index is -0.990. The molecule has 0 radical (unpaired) electrons. The molecule has 3 atom stereocenters. The Bertz CT molecular complexity index is 358. The smallest absolute Gasteiger partial charge is 0.326 e. The zero-order chi connectivity index (χ0) is 14.0. The summed E-state index contributed by atoms with van der Waals surface area (Å²) in [6, 6.07) is -1.20. The van der Waals surface area contributed by atoms with Gasteiger partial charge in [-0.2, -0.15) is 0 Å². The Balaban J connectivity index is 1.92. The van der Waals surface area contributed by atoms with Crippen LogP contribution in [0.4, 0.5) is 4.79 Å². The van der Waals surface area contributed by atoms with Gasteiger partial charge in [0.05, 0.1) is 25.4 Å². The first-order valence-electron chi connectivity index (χ1n) is 6.55. The van der Waals surface area contributed by atoms with E-state index < -0.39 is 24.1 Å². The minimum absolute atomic E-state index is 0.0496. The lowest BCUT2D eigenvalue weighted by molar-refractivity contribution is -0.139. The van der Waals surface area contributed by atoms with Crippen molar-refractivity contribution >= 4 is 12.0 Å². The third-order valence-corrected chi connectivity index (χ3v) is 3.46. The molecule has 3 unspecified atom stereocenters. The number of nitrogens with zero attached hydrogens (tertiary/aromatic N) is 1. The van der Waals surface area contributed by atoms with E-state index in [0.717, 1.165) is 12.8 Å². The van der Waals surface area contributed by atoms with Gasteiger partial charge < -0.3 is 25.2 Å². The molecule has 0 aromatic carbocycles. The van der Waals surface area contributed by atoms with Crippen LogP contribution in [0.5, 0.6) is 0 Å². The number of ether oxygens (including phenoxy) is 1. The van der Waals surface area contributed by atoms with Crippen LogP contribution in [0.2, 0.25) is 0 Å². The first kappa shape index (κ1) is 14.1. The maximum Gasteiger partial charge on any atom is 0.326 e. The molecule has 0 bridgehead atoms. The molecule has 2 fully saturated rings. The fourth-order valence-electron chi connectivity index (χ4n) is 2.35. The zero-order valence-electron chi connectivity index (χ0n) is 10.9. The van der Waals surface area contributed by atoms with E-state index in [1.807, 2.05) is 6.92 Å². The Hall–Kier alpha value is -1.34. The summed E-state index contributed by atoms with van der Waals surface area (Å²) in [6.45, 7) is 2.35. The number of hydrogen-bond donors (Lipinski definition) is 3. The third-order valence-electron chi connectivity index (χ3n) is 3.46. The van der Waals surface area contributed by atoms with E-state index >= 15 is 0 Å². The fraction of sp³-hybridized carbons (Fsp3) is 0.833. The summed E-state index contributed by atoms with van der Waals surface area (Å²) in [4.78, 5) is 24.7. The number of hydrogen-bond acceptors (Lipinski definition) is 4. The van der Waals surface area contributed by atoms with Gasteiger partial charge in [-0.05, 0) is 25.7 Å². The summed E-state index contributed by atoms with van der Waals surface area (Å²) in [7, 11) is 0. The van der Waals surface area contributed by atoms with Crippen LogP contribution in [-0.4, -0.2) is 65.1 Å². The molecule has 3 N–H and O–H groups in total. The molecule has 0 aromatic heterocycles. The van der Waals surface area contributed by atoms with Gasteiger partial charge in [0.2, 0.25) is 0 Å². The Labute approximate surface area is 111 Å². The fourth-order valence-corrected chi connectivity index (χ4v) is 2.35. The maximum atomic E-state index is 12.1. The molecule has 7 heteroatoms. The molecule has 1 saturated heterocycles. The Morgan fingerprint density at radius 1 is 1.42 bits per heavy atom. The lowest BCUT2D eigenvalue weighted by Crippen LogP contribution is -2.56. The number of rotatable bonds is 4. The minimum Gasteiger partial charge on any atom is -0.480 e. The highest BCUT2D eigenvalue weighted by atomic mass is 16.5. The van der Waals surface area contributed by atoms with Crippen LogP contribution in [-0.2, 0) is 9.53 Å². The van der Waals surface area contributed by atoms with Crippen molar-refractivity contribution in [1.29, 1.82) is 0 Å². The molecule has 1 aliphatic carbocycles. The highest BCUT2D eigenvalue weighted by Gasteiger charge is 2.39. The van der Waals surface area contributed by atoms with Crippen LogP contribution in [0.25, 0.3) is 0 Å². The molecule has 1 heterocycles. The number of amides is 2. The van der Waals surface area contributed by atoms with Crippen molar-refractivity contribution in [2.75, 3.05) is 19.7 Å². The van der Waals surface area contributed by atoms with Crippen molar-refractivity contribution in [3.8, 4) is 0 Å². The lowest BCUT2D eigenvalue weighted by atomic mass is 10.2. The predicted molar refractivity (Wildman–Crippen MR) is 65.7 cm³/mol. The van der Waals surface area contributed by atoms with E-state index in [2.05, 4.69) is 5.32 Å². The van der Waals surface area contributed by atoms with E-state index in [9.17, 15) is 9.59 Å². The Morgan fingerprint density at radius 3 is 2.63 bits per heavy atom. The molecule has 7 nitrogen and oxygen atoms in total. The number of aliphatic hydroxyl groups excluding tert-OH is 1. The van der Waals surface area contributed by atoms with E-state index in [1.54, 1.807) is 0 Å². The van der Waals surface area contributed by atoms with Crippen LogP contribution in [0.1, 0.15) is 19.8 Å². The molecule has 1 saturated carbocycles. The highest BCUT2D eigenvalue weighted by Crippen LogP contribution is 2.32. The third kappa shape index (κ3) is 3.57. The lowest BCUT2D eigenvalue weighted by Gasteiger charge is -2.36. The molecule has 2 rings (SSSR count). The standard InChI is InChI=1S/C12H20N2O5/c1-7-4-14(5-9(6-15)19-7)12(18)13-10(11(16)17)8-2-3-8/h7-10,15H,2-6H2,1H3,(H,13,18)(H,16,17). The van der Waals surface area contributed by atoms with Crippen LogP contribution < -0.4 is 5.32 Å². The van der Waals surface area contributed by atoms with Gasteiger partial charge in [-0.25, -0.2) is 9.59 Å². The monoisotopic (exact) mass is 272 g/mol. The van der Waals surface area contributed by atoms with Gasteiger partial charge in [0.15, 0.2) is 0 Å². The molecule has 2 aliphatic rings. The largest absolute Gasteiger partial charge is 0.480 e. The molecule has 1 aliphatic heterocycles. The maximum absolute atomic E-state index is 12.1. The first-order chi connectivity index (χ1) is 9.01. The summed E-state index contributed by atoms with van der Waals surface area (Å²) in [6.07, 6.45) is 1.12. The average molecular weight is 272 g/mol. The highest BCUT2D eigenvalue weighted by molar-refractivity contribution is 5.83. The van der Waals surface area contributed by atoms with Gasteiger partial charge in [-0.15, -0.1) is 0 Å². The van der Waals surface area contributed by atoms with Crippen LogP contribution in [0.3, 0.4) is 0 Å². The van der Waals surface area contributed by atoms with E-state index in [-0.39, 0.29) is 25.2 Å². The van der Waals surface area contributed by atoms with Gasteiger partial charge >= 0.3 is 12.0 Å². The van der Waals surface area contributed by atoms with Crippen LogP contribution in [0, 0.1) is 5.92 Å². The van der Waals surface area contributed by atoms with Crippen LogP contribution >= 0.6 is 0 Å². The number of carboxylic acid groups (broad SMARTS) is 1. The van der Waals surface area contributed by atoms with Crippen molar-refractivity contribution in [2.24, 2.45) is 5.92 Å². The number of aliphatic hydroxyl groups is 1.